The van der Waals surface area contributed by atoms with Crippen molar-refractivity contribution in [1.82, 2.24) is 9.78 Å². The zero-order valence-electron chi connectivity index (χ0n) is 10.9. The minimum absolute atomic E-state index is 0.315. The first-order chi connectivity index (χ1) is 7.91. The van der Waals surface area contributed by atoms with E-state index in [2.05, 4.69) is 41.8 Å². The summed E-state index contributed by atoms with van der Waals surface area (Å²) in [5, 5.41) is 4.45. The van der Waals surface area contributed by atoms with E-state index < -0.39 is 0 Å². The van der Waals surface area contributed by atoms with Gasteiger partial charge in [-0.2, -0.15) is 5.10 Å². The average Bonchev–Trinajstić information content (AvgIpc) is 2.59. The van der Waals surface area contributed by atoms with Crippen LogP contribution in [0, 0.1) is 11.3 Å². The fourth-order valence-electron chi connectivity index (χ4n) is 3.03. The topological polar surface area (TPSA) is 43.8 Å². The van der Waals surface area contributed by atoms with Crippen LogP contribution in [-0.4, -0.2) is 9.78 Å². The summed E-state index contributed by atoms with van der Waals surface area (Å²) in [7, 11) is 0. The fraction of sp³-hybridized carbons (Fsp3) is 0.769. The number of aromatic nitrogens is 2. The van der Waals surface area contributed by atoms with Crippen molar-refractivity contribution in [2.24, 2.45) is 11.3 Å². The van der Waals surface area contributed by atoms with Gasteiger partial charge in [-0.05, 0) is 40.1 Å². The molecule has 0 saturated heterocycles. The van der Waals surface area contributed by atoms with Gasteiger partial charge in [0.05, 0.1) is 16.7 Å². The third-order valence-corrected chi connectivity index (χ3v) is 4.55. The highest BCUT2D eigenvalue weighted by atomic mass is 79.9. The third-order valence-electron chi connectivity index (χ3n) is 3.94. The van der Waals surface area contributed by atoms with E-state index in [1.54, 1.807) is 0 Å². The molecular weight excluding hydrogens is 278 g/mol. The highest BCUT2D eigenvalue weighted by molar-refractivity contribution is 9.10. The molecule has 1 aliphatic rings. The lowest BCUT2D eigenvalue weighted by atomic mass is 9.69. The number of nitrogens with two attached hydrogens (primary N) is 1. The van der Waals surface area contributed by atoms with E-state index >= 15 is 0 Å². The molecule has 1 fully saturated rings. The molecule has 0 spiro atoms. The molecule has 1 heterocycles. The van der Waals surface area contributed by atoms with Crippen molar-refractivity contribution in [3.63, 3.8) is 0 Å². The largest absolute Gasteiger partial charge is 0.383 e. The van der Waals surface area contributed by atoms with Crippen molar-refractivity contribution in [3.8, 4) is 0 Å². The Balaban J connectivity index is 2.31. The van der Waals surface area contributed by atoms with E-state index in [-0.39, 0.29) is 0 Å². The van der Waals surface area contributed by atoms with Gasteiger partial charge in [-0.25, -0.2) is 4.68 Å². The van der Waals surface area contributed by atoms with Gasteiger partial charge in [0.2, 0.25) is 0 Å². The third kappa shape index (κ3) is 2.51. The lowest BCUT2D eigenvalue weighted by Gasteiger charge is -2.40. The second-order valence-electron chi connectivity index (χ2n) is 6.15. The standard InChI is InChI=1S/C13H22BrN3/c1-13(2,3)9-6-4-5-7-11(9)17-12(15)10(14)8-16-17/h8-9,11H,4-7,15H2,1-3H3. The average molecular weight is 300 g/mol. The quantitative estimate of drug-likeness (QED) is 0.851. The minimum Gasteiger partial charge on any atom is -0.383 e. The van der Waals surface area contributed by atoms with Gasteiger partial charge in [0.1, 0.15) is 5.82 Å². The zero-order valence-corrected chi connectivity index (χ0v) is 12.5. The van der Waals surface area contributed by atoms with Crippen LogP contribution in [0.25, 0.3) is 0 Å². The van der Waals surface area contributed by atoms with Crippen LogP contribution in [-0.2, 0) is 0 Å². The van der Waals surface area contributed by atoms with E-state index in [4.69, 9.17) is 5.73 Å². The van der Waals surface area contributed by atoms with Crippen molar-refractivity contribution in [2.75, 3.05) is 5.73 Å². The maximum absolute atomic E-state index is 6.09. The summed E-state index contributed by atoms with van der Waals surface area (Å²) in [6.45, 7) is 6.97. The van der Waals surface area contributed by atoms with Gasteiger partial charge in [-0.3, -0.25) is 0 Å². The molecule has 1 aromatic rings. The molecule has 17 heavy (non-hydrogen) atoms. The van der Waals surface area contributed by atoms with Gasteiger partial charge in [0.15, 0.2) is 0 Å². The SMILES string of the molecule is CC(C)(C)C1CCCCC1n1ncc(Br)c1N. The Morgan fingerprint density at radius 2 is 2.00 bits per heavy atom. The number of nitrogens with zero attached hydrogens (tertiary/aromatic N) is 2. The molecular formula is C13H22BrN3. The molecule has 1 aliphatic carbocycles. The number of rotatable bonds is 1. The summed E-state index contributed by atoms with van der Waals surface area (Å²) in [6, 6.07) is 0.454. The van der Waals surface area contributed by atoms with E-state index in [9.17, 15) is 0 Å². The van der Waals surface area contributed by atoms with Crippen molar-refractivity contribution < 1.29 is 0 Å². The van der Waals surface area contributed by atoms with Crippen LogP contribution in [0.2, 0.25) is 0 Å². The zero-order chi connectivity index (χ0) is 12.6. The molecule has 2 unspecified atom stereocenters. The van der Waals surface area contributed by atoms with Gasteiger partial charge in [0, 0.05) is 0 Å². The highest BCUT2D eigenvalue weighted by Gasteiger charge is 2.36. The lowest BCUT2D eigenvalue weighted by Crippen LogP contribution is -2.33. The number of nitrogen functional groups attached to an aromatic ring is 1. The molecule has 1 saturated carbocycles. The summed E-state index contributed by atoms with van der Waals surface area (Å²) in [4.78, 5) is 0. The van der Waals surface area contributed by atoms with Gasteiger partial charge in [-0.1, -0.05) is 33.6 Å². The van der Waals surface area contributed by atoms with Gasteiger partial charge in [0.25, 0.3) is 0 Å². The summed E-state index contributed by atoms with van der Waals surface area (Å²) < 4.78 is 2.94. The molecule has 3 nitrogen and oxygen atoms in total. The van der Waals surface area contributed by atoms with Gasteiger partial charge < -0.3 is 5.73 Å². The molecule has 2 rings (SSSR count). The highest BCUT2D eigenvalue weighted by Crippen LogP contribution is 2.45. The van der Waals surface area contributed by atoms with Crippen molar-refractivity contribution in [3.05, 3.63) is 10.7 Å². The maximum Gasteiger partial charge on any atom is 0.136 e. The first kappa shape index (κ1) is 12.9. The molecule has 1 aromatic heterocycles. The van der Waals surface area contributed by atoms with Crippen LogP contribution in [0.5, 0.6) is 0 Å². The van der Waals surface area contributed by atoms with E-state index in [1.807, 2.05) is 10.9 Å². The molecule has 0 aromatic carbocycles. The van der Waals surface area contributed by atoms with Crippen LogP contribution < -0.4 is 5.73 Å². The lowest BCUT2D eigenvalue weighted by molar-refractivity contribution is 0.107. The van der Waals surface area contributed by atoms with Crippen LogP contribution in [0.1, 0.15) is 52.5 Å². The Labute approximate surface area is 112 Å². The predicted octanol–water partition coefficient (Wildman–Crippen LogP) is 4.01. The number of hydrogen-bond donors (Lipinski definition) is 1. The summed E-state index contributed by atoms with van der Waals surface area (Å²) >= 11 is 3.44. The fourth-order valence-corrected chi connectivity index (χ4v) is 3.30. The summed E-state index contributed by atoms with van der Waals surface area (Å²) in [6.07, 6.45) is 6.91. The second kappa shape index (κ2) is 4.63. The minimum atomic E-state index is 0.315. The number of hydrogen-bond acceptors (Lipinski definition) is 2. The first-order valence-corrected chi connectivity index (χ1v) is 7.19. The van der Waals surface area contributed by atoms with E-state index in [0.717, 1.165) is 10.3 Å². The molecule has 2 atom stereocenters. The molecule has 0 aliphatic heterocycles. The Kier molecular flexibility index (Phi) is 3.53. The Morgan fingerprint density at radius 3 is 2.53 bits per heavy atom. The Bertz CT molecular complexity index is 392. The smallest absolute Gasteiger partial charge is 0.136 e. The Hall–Kier alpha value is -0.510. The number of anilines is 1. The predicted molar refractivity (Wildman–Crippen MR) is 74.8 cm³/mol. The molecule has 4 heteroatoms. The van der Waals surface area contributed by atoms with Crippen molar-refractivity contribution in [2.45, 2.75) is 52.5 Å². The Morgan fingerprint density at radius 1 is 1.35 bits per heavy atom. The first-order valence-electron chi connectivity index (χ1n) is 6.39. The van der Waals surface area contributed by atoms with Gasteiger partial charge in [-0.15, -0.1) is 0 Å². The van der Waals surface area contributed by atoms with E-state index in [1.165, 1.54) is 25.7 Å². The summed E-state index contributed by atoms with van der Waals surface area (Å²) in [5.74, 6) is 1.43. The molecule has 0 amide bonds. The molecule has 96 valence electrons. The van der Waals surface area contributed by atoms with Crippen LogP contribution in [0.4, 0.5) is 5.82 Å². The molecule has 0 radical (unpaired) electrons. The normalized spacial score (nSPS) is 26.1. The van der Waals surface area contributed by atoms with Gasteiger partial charge >= 0.3 is 0 Å². The summed E-state index contributed by atoms with van der Waals surface area (Å²) in [5.41, 5.74) is 6.41. The molecule has 2 N–H and O–H groups in total. The van der Waals surface area contributed by atoms with Crippen LogP contribution in [0.3, 0.4) is 0 Å². The monoisotopic (exact) mass is 299 g/mol. The van der Waals surface area contributed by atoms with Crippen LogP contribution in [0.15, 0.2) is 10.7 Å². The van der Waals surface area contributed by atoms with Crippen molar-refractivity contribution >= 4 is 21.7 Å². The number of halogens is 1. The van der Waals surface area contributed by atoms with Crippen molar-refractivity contribution in [1.29, 1.82) is 0 Å². The maximum atomic E-state index is 6.09. The van der Waals surface area contributed by atoms with Crippen LogP contribution >= 0.6 is 15.9 Å². The van der Waals surface area contributed by atoms with E-state index in [0.29, 0.717) is 17.4 Å². The molecule has 0 bridgehead atoms. The second-order valence-corrected chi connectivity index (χ2v) is 7.00.